The first-order valence-corrected chi connectivity index (χ1v) is 7.86. The average molecular weight is 302 g/mol. The van der Waals surface area contributed by atoms with E-state index in [0.717, 1.165) is 16.8 Å². The zero-order valence-corrected chi connectivity index (χ0v) is 12.5. The van der Waals surface area contributed by atoms with Gasteiger partial charge in [-0.25, -0.2) is 12.4 Å². The highest BCUT2D eigenvalue weighted by molar-refractivity contribution is 7.90. The fourth-order valence-electron chi connectivity index (χ4n) is 2.29. The molecule has 0 radical (unpaired) electrons. The van der Waals surface area contributed by atoms with Crippen LogP contribution in [0.4, 0.5) is 0 Å². The third kappa shape index (κ3) is 2.27. The Balaban J connectivity index is 2.03. The van der Waals surface area contributed by atoms with Crippen molar-refractivity contribution in [3.63, 3.8) is 0 Å². The van der Waals surface area contributed by atoms with Crippen LogP contribution in [0.3, 0.4) is 0 Å². The van der Waals surface area contributed by atoms with Crippen LogP contribution in [-0.2, 0) is 10.0 Å². The number of aryl methyl sites for hydroxylation is 2. The second kappa shape index (κ2) is 4.89. The van der Waals surface area contributed by atoms with E-state index in [9.17, 15) is 8.42 Å². The second-order valence-corrected chi connectivity index (χ2v) is 6.58. The topological polar surface area (TPSA) is 65.1 Å². The van der Waals surface area contributed by atoms with Crippen LogP contribution < -0.4 is 0 Å². The van der Waals surface area contributed by atoms with Crippen LogP contribution in [0.1, 0.15) is 11.5 Å². The van der Waals surface area contributed by atoms with Crippen LogP contribution in [-0.4, -0.2) is 17.5 Å². The lowest BCUT2D eigenvalue weighted by molar-refractivity contribution is 0.393. The highest BCUT2D eigenvalue weighted by atomic mass is 32.2. The van der Waals surface area contributed by atoms with E-state index >= 15 is 0 Å². The smallest absolute Gasteiger partial charge is 0.267 e. The third-order valence-electron chi connectivity index (χ3n) is 3.33. The van der Waals surface area contributed by atoms with Gasteiger partial charge in [0.15, 0.2) is 0 Å². The van der Waals surface area contributed by atoms with E-state index in [1.165, 1.54) is 16.4 Å². The fourth-order valence-corrected chi connectivity index (χ4v) is 3.47. The Morgan fingerprint density at radius 2 is 1.67 bits per heavy atom. The molecule has 3 aromatic rings. The van der Waals surface area contributed by atoms with Crippen molar-refractivity contribution >= 4 is 10.0 Å². The monoisotopic (exact) mass is 302 g/mol. The van der Waals surface area contributed by atoms with Gasteiger partial charge in [-0.3, -0.25) is 0 Å². The second-order valence-electron chi connectivity index (χ2n) is 4.74. The molecule has 2 heterocycles. The van der Waals surface area contributed by atoms with E-state index in [1.54, 1.807) is 36.4 Å². The van der Waals surface area contributed by atoms with Crippen LogP contribution in [0.15, 0.2) is 58.2 Å². The summed E-state index contributed by atoms with van der Waals surface area (Å²) < 4.78 is 31.0. The molecule has 0 spiro atoms. The first-order valence-electron chi connectivity index (χ1n) is 6.42. The van der Waals surface area contributed by atoms with Crippen molar-refractivity contribution in [3.8, 4) is 11.1 Å². The van der Waals surface area contributed by atoms with E-state index in [0.29, 0.717) is 5.76 Å². The van der Waals surface area contributed by atoms with Crippen molar-refractivity contribution in [2.75, 3.05) is 0 Å². The predicted molar refractivity (Wildman–Crippen MR) is 78.4 cm³/mol. The van der Waals surface area contributed by atoms with Crippen molar-refractivity contribution in [1.82, 2.24) is 9.13 Å². The Kier molecular flexibility index (Phi) is 3.17. The molecule has 1 aromatic carbocycles. The SMILES string of the molecule is Cc1noc(C)c1-c1ccc(S(=O)(=O)n2cccc2)cc1. The van der Waals surface area contributed by atoms with E-state index in [4.69, 9.17) is 4.52 Å². The van der Waals surface area contributed by atoms with Crippen LogP contribution >= 0.6 is 0 Å². The molecule has 2 aromatic heterocycles. The van der Waals surface area contributed by atoms with Gasteiger partial charge in [-0.2, -0.15) is 0 Å². The van der Waals surface area contributed by atoms with Crippen LogP contribution in [0.2, 0.25) is 0 Å². The Bertz CT molecular complexity index is 841. The van der Waals surface area contributed by atoms with Gasteiger partial charge < -0.3 is 4.52 Å². The average Bonchev–Trinajstić information content (AvgIpc) is 3.10. The number of rotatable bonds is 3. The van der Waals surface area contributed by atoms with Crippen molar-refractivity contribution in [2.45, 2.75) is 18.7 Å². The van der Waals surface area contributed by atoms with Gasteiger partial charge >= 0.3 is 0 Å². The summed E-state index contributed by atoms with van der Waals surface area (Å²) in [5.74, 6) is 0.716. The van der Waals surface area contributed by atoms with E-state index in [-0.39, 0.29) is 4.90 Å². The van der Waals surface area contributed by atoms with Gasteiger partial charge in [-0.05, 0) is 43.7 Å². The van der Waals surface area contributed by atoms with E-state index in [2.05, 4.69) is 5.16 Å². The standard InChI is InChI=1S/C15H14N2O3S/c1-11-15(12(2)20-16-11)13-5-7-14(8-6-13)21(18,19)17-9-3-4-10-17/h3-10H,1-2H3. The molecule has 0 saturated carbocycles. The maximum absolute atomic E-state index is 12.4. The lowest BCUT2D eigenvalue weighted by Crippen LogP contribution is -2.10. The molecule has 0 atom stereocenters. The maximum atomic E-state index is 12.4. The molecular weight excluding hydrogens is 288 g/mol. The number of aromatic nitrogens is 2. The minimum Gasteiger partial charge on any atom is -0.361 e. The summed E-state index contributed by atoms with van der Waals surface area (Å²) >= 11 is 0. The summed E-state index contributed by atoms with van der Waals surface area (Å²) in [6.45, 7) is 3.69. The van der Waals surface area contributed by atoms with Crippen molar-refractivity contribution in [3.05, 3.63) is 60.2 Å². The molecule has 0 aliphatic heterocycles. The molecule has 0 fully saturated rings. The number of hydrogen-bond acceptors (Lipinski definition) is 4. The molecule has 3 rings (SSSR count). The lowest BCUT2D eigenvalue weighted by Gasteiger charge is -2.07. The minimum absolute atomic E-state index is 0.245. The Morgan fingerprint density at radius 1 is 1.05 bits per heavy atom. The summed E-state index contributed by atoms with van der Waals surface area (Å²) in [4.78, 5) is 0.245. The summed E-state index contributed by atoms with van der Waals surface area (Å²) in [6, 6.07) is 10.1. The highest BCUT2D eigenvalue weighted by Gasteiger charge is 2.17. The molecule has 0 saturated heterocycles. The Labute approximate surface area is 122 Å². The molecule has 5 nitrogen and oxygen atoms in total. The summed E-state index contributed by atoms with van der Waals surface area (Å²) in [7, 11) is -3.52. The largest absolute Gasteiger partial charge is 0.361 e. The molecule has 0 unspecified atom stereocenters. The molecule has 108 valence electrons. The van der Waals surface area contributed by atoms with Gasteiger partial charge in [-0.15, -0.1) is 0 Å². The van der Waals surface area contributed by atoms with Gasteiger partial charge in [0.25, 0.3) is 10.0 Å². The molecule has 0 aliphatic carbocycles. The maximum Gasteiger partial charge on any atom is 0.267 e. The van der Waals surface area contributed by atoms with Crippen LogP contribution in [0.5, 0.6) is 0 Å². The summed E-state index contributed by atoms with van der Waals surface area (Å²) in [6.07, 6.45) is 3.02. The molecule has 0 amide bonds. The van der Waals surface area contributed by atoms with Gasteiger partial charge in [0, 0.05) is 18.0 Å². The zero-order valence-electron chi connectivity index (χ0n) is 11.6. The van der Waals surface area contributed by atoms with Gasteiger partial charge in [0.1, 0.15) is 5.76 Å². The highest BCUT2D eigenvalue weighted by Crippen LogP contribution is 2.28. The molecule has 0 N–H and O–H groups in total. The summed E-state index contributed by atoms with van der Waals surface area (Å²) in [5, 5.41) is 3.91. The van der Waals surface area contributed by atoms with Crippen LogP contribution in [0, 0.1) is 13.8 Å². The van der Waals surface area contributed by atoms with Crippen molar-refractivity contribution in [1.29, 1.82) is 0 Å². The van der Waals surface area contributed by atoms with E-state index < -0.39 is 10.0 Å². The molecule has 6 heteroatoms. The van der Waals surface area contributed by atoms with Gasteiger partial charge in [0.05, 0.1) is 10.6 Å². The first-order chi connectivity index (χ1) is 10.00. The molecule has 0 bridgehead atoms. The van der Waals surface area contributed by atoms with Crippen molar-refractivity contribution in [2.24, 2.45) is 0 Å². The van der Waals surface area contributed by atoms with E-state index in [1.807, 2.05) is 13.8 Å². The number of benzene rings is 1. The van der Waals surface area contributed by atoms with Gasteiger partial charge in [0.2, 0.25) is 0 Å². The quantitative estimate of drug-likeness (QED) is 0.746. The number of nitrogens with zero attached hydrogens (tertiary/aromatic N) is 2. The Morgan fingerprint density at radius 3 is 2.19 bits per heavy atom. The lowest BCUT2D eigenvalue weighted by atomic mass is 10.0. The molecule has 0 aliphatic rings. The van der Waals surface area contributed by atoms with Gasteiger partial charge in [-0.1, -0.05) is 17.3 Å². The first kappa shape index (κ1) is 13.6. The molecular formula is C15H14N2O3S. The predicted octanol–water partition coefficient (Wildman–Crippen LogP) is 3.00. The van der Waals surface area contributed by atoms with Crippen LogP contribution in [0.25, 0.3) is 11.1 Å². The summed E-state index contributed by atoms with van der Waals surface area (Å²) in [5.41, 5.74) is 2.58. The normalized spacial score (nSPS) is 11.7. The molecule has 21 heavy (non-hydrogen) atoms. The Hall–Kier alpha value is -2.34. The minimum atomic E-state index is -3.52. The number of hydrogen-bond donors (Lipinski definition) is 0. The van der Waals surface area contributed by atoms with Crippen molar-refractivity contribution < 1.29 is 12.9 Å². The fraction of sp³-hybridized carbons (Fsp3) is 0.133. The third-order valence-corrected chi connectivity index (χ3v) is 5.00. The zero-order chi connectivity index (χ0) is 15.0.